The lowest BCUT2D eigenvalue weighted by Gasteiger charge is -2.26. The highest BCUT2D eigenvalue weighted by Crippen LogP contribution is 2.39. The summed E-state index contributed by atoms with van der Waals surface area (Å²) >= 11 is 0. The van der Waals surface area contributed by atoms with Gasteiger partial charge in [-0.15, -0.1) is 0 Å². The van der Waals surface area contributed by atoms with Crippen molar-refractivity contribution in [2.24, 2.45) is 0 Å². The molecule has 0 N–H and O–H groups in total. The van der Waals surface area contributed by atoms with Gasteiger partial charge in [-0.2, -0.15) is 0 Å². The van der Waals surface area contributed by atoms with Gasteiger partial charge in [-0.3, -0.25) is 0 Å². The molecule has 0 bridgehead atoms. The second-order valence-electron chi connectivity index (χ2n) is 6.00. The lowest BCUT2D eigenvalue weighted by atomic mass is 10.0. The first-order valence-corrected chi connectivity index (χ1v) is 8.42. The van der Waals surface area contributed by atoms with Gasteiger partial charge in [0.2, 0.25) is 0 Å². The Hall–Kier alpha value is -2.69. The Balaban J connectivity index is 1.75. The maximum absolute atomic E-state index is 12.6. The number of hydrogen-bond donors (Lipinski definition) is 0. The quantitative estimate of drug-likeness (QED) is 0.819. The average molecular weight is 341 g/mol. The number of methoxy groups -OCH3 is 2. The van der Waals surface area contributed by atoms with E-state index in [1.165, 1.54) is 0 Å². The van der Waals surface area contributed by atoms with Gasteiger partial charge in [-0.1, -0.05) is 30.3 Å². The maximum Gasteiger partial charge on any atom is 0.410 e. The Morgan fingerprint density at radius 2 is 1.92 bits per heavy atom. The van der Waals surface area contributed by atoms with Crippen molar-refractivity contribution in [3.8, 4) is 11.5 Å². The number of likely N-dealkylation sites (tertiary alicyclic amines) is 1. The van der Waals surface area contributed by atoms with Gasteiger partial charge in [-0.25, -0.2) is 4.79 Å². The molecule has 25 heavy (non-hydrogen) atoms. The third-order valence-electron chi connectivity index (χ3n) is 4.49. The molecule has 1 amide bonds. The summed E-state index contributed by atoms with van der Waals surface area (Å²) in [6.45, 7) is 0.955. The Morgan fingerprint density at radius 1 is 1.12 bits per heavy atom. The van der Waals surface area contributed by atoms with Crippen LogP contribution in [0.3, 0.4) is 0 Å². The molecule has 0 aromatic heterocycles. The highest BCUT2D eigenvalue weighted by atomic mass is 16.6. The van der Waals surface area contributed by atoms with E-state index in [-0.39, 0.29) is 18.7 Å². The number of carbonyl (C=O) groups is 1. The van der Waals surface area contributed by atoms with Crippen LogP contribution in [0.25, 0.3) is 0 Å². The van der Waals surface area contributed by atoms with Crippen LogP contribution in [-0.2, 0) is 11.3 Å². The summed E-state index contributed by atoms with van der Waals surface area (Å²) in [5.74, 6) is 1.51. The SMILES string of the molecule is COc1ccc(OC)c(C2CCCN2C(=O)OCc2ccccc2)c1. The minimum Gasteiger partial charge on any atom is -0.497 e. The van der Waals surface area contributed by atoms with E-state index < -0.39 is 0 Å². The number of rotatable bonds is 5. The normalized spacial score (nSPS) is 16.6. The summed E-state index contributed by atoms with van der Waals surface area (Å²) < 4.78 is 16.3. The summed E-state index contributed by atoms with van der Waals surface area (Å²) in [6.07, 6.45) is 1.52. The van der Waals surface area contributed by atoms with E-state index in [4.69, 9.17) is 14.2 Å². The molecule has 0 spiro atoms. The number of ether oxygens (including phenoxy) is 3. The lowest BCUT2D eigenvalue weighted by Crippen LogP contribution is -2.31. The van der Waals surface area contributed by atoms with E-state index in [1.807, 2.05) is 48.5 Å². The monoisotopic (exact) mass is 341 g/mol. The van der Waals surface area contributed by atoms with Gasteiger partial charge < -0.3 is 19.1 Å². The highest BCUT2D eigenvalue weighted by Gasteiger charge is 2.33. The zero-order chi connectivity index (χ0) is 17.6. The maximum atomic E-state index is 12.6. The number of amides is 1. The van der Waals surface area contributed by atoms with Crippen LogP contribution >= 0.6 is 0 Å². The van der Waals surface area contributed by atoms with Crippen LogP contribution in [0.5, 0.6) is 11.5 Å². The summed E-state index contributed by atoms with van der Waals surface area (Å²) in [4.78, 5) is 14.4. The Labute approximate surface area is 148 Å². The zero-order valence-corrected chi connectivity index (χ0v) is 14.6. The second kappa shape index (κ2) is 7.92. The van der Waals surface area contributed by atoms with E-state index in [0.717, 1.165) is 35.5 Å². The van der Waals surface area contributed by atoms with Crippen LogP contribution in [0.2, 0.25) is 0 Å². The van der Waals surface area contributed by atoms with Gasteiger partial charge in [0.15, 0.2) is 0 Å². The minimum atomic E-state index is -0.295. The van der Waals surface area contributed by atoms with Gasteiger partial charge in [0.1, 0.15) is 18.1 Å². The van der Waals surface area contributed by atoms with Gasteiger partial charge in [0.25, 0.3) is 0 Å². The van der Waals surface area contributed by atoms with Crippen LogP contribution in [-0.4, -0.2) is 31.8 Å². The number of hydrogen-bond acceptors (Lipinski definition) is 4. The third-order valence-corrected chi connectivity index (χ3v) is 4.49. The van der Waals surface area contributed by atoms with E-state index >= 15 is 0 Å². The Bertz CT molecular complexity index is 717. The average Bonchev–Trinajstić information content (AvgIpc) is 3.16. The molecule has 5 heteroatoms. The molecule has 0 aliphatic carbocycles. The van der Waals surface area contributed by atoms with E-state index in [9.17, 15) is 4.79 Å². The molecule has 5 nitrogen and oxygen atoms in total. The van der Waals surface area contributed by atoms with Gasteiger partial charge in [-0.05, 0) is 36.6 Å². The van der Waals surface area contributed by atoms with Crippen molar-refractivity contribution in [1.82, 2.24) is 4.90 Å². The molecular formula is C20H23NO4. The molecule has 0 radical (unpaired) electrons. The molecule has 1 saturated heterocycles. The molecule has 2 aromatic carbocycles. The Kier molecular flexibility index (Phi) is 5.43. The van der Waals surface area contributed by atoms with Crippen molar-refractivity contribution in [3.05, 3.63) is 59.7 Å². The fourth-order valence-electron chi connectivity index (χ4n) is 3.21. The van der Waals surface area contributed by atoms with E-state index in [2.05, 4.69) is 0 Å². The molecule has 1 heterocycles. The molecule has 1 aliphatic rings. The van der Waals surface area contributed by atoms with Crippen LogP contribution < -0.4 is 9.47 Å². The fraction of sp³-hybridized carbons (Fsp3) is 0.350. The smallest absolute Gasteiger partial charge is 0.410 e. The number of nitrogens with zero attached hydrogens (tertiary/aromatic N) is 1. The Morgan fingerprint density at radius 3 is 2.64 bits per heavy atom. The number of benzene rings is 2. The molecule has 1 unspecified atom stereocenters. The summed E-state index contributed by atoms with van der Waals surface area (Å²) in [5.41, 5.74) is 1.93. The van der Waals surface area contributed by atoms with Crippen molar-refractivity contribution in [2.45, 2.75) is 25.5 Å². The van der Waals surface area contributed by atoms with Crippen LogP contribution in [0.4, 0.5) is 4.79 Å². The summed E-state index contributed by atoms with van der Waals surface area (Å²) in [6, 6.07) is 15.3. The highest BCUT2D eigenvalue weighted by molar-refractivity contribution is 5.69. The first-order valence-electron chi connectivity index (χ1n) is 8.42. The lowest BCUT2D eigenvalue weighted by molar-refractivity contribution is 0.0917. The minimum absolute atomic E-state index is 0.0617. The molecule has 1 aliphatic heterocycles. The zero-order valence-electron chi connectivity index (χ0n) is 14.6. The van der Waals surface area contributed by atoms with Gasteiger partial charge in [0, 0.05) is 12.1 Å². The standard InChI is InChI=1S/C20H23NO4/c1-23-16-10-11-19(24-2)17(13-16)18-9-6-12-21(18)20(22)25-14-15-7-4-3-5-8-15/h3-5,7-8,10-11,13,18H,6,9,12,14H2,1-2H3. The molecule has 0 saturated carbocycles. The number of carbonyl (C=O) groups excluding carboxylic acids is 1. The second-order valence-corrected chi connectivity index (χ2v) is 6.00. The molecule has 1 fully saturated rings. The van der Waals surface area contributed by atoms with Crippen molar-refractivity contribution >= 4 is 6.09 Å². The van der Waals surface area contributed by atoms with Crippen LogP contribution in [0.15, 0.2) is 48.5 Å². The van der Waals surface area contributed by atoms with E-state index in [0.29, 0.717) is 6.54 Å². The topological polar surface area (TPSA) is 48.0 Å². The van der Waals surface area contributed by atoms with Crippen LogP contribution in [0.1, 0.15) is 30.0 Å². The molecule has 132 valence electrons. The van der Waals surface area contributed by atoms with E-state index in [1.54, 1.807) is 19.1 Å². The molecular weight excluding hydrogens is 318 g/mol. The predicted octanol–water partition coefficient (Wildman–Crippen LogP) is 4.18. The predicted molar refractivity (Wildman–Crippen MR) is 94.9 cm³/mol. The summed E-state index contributed by atoms with van der Waals surface area (Å²) in [5, 5.41) is 0. The van der Waals surface area contributed by atoms with Crippen LogP contribution in [0, 0.1) is 0 Å². The molecule has 3 rings (SSSR count). The summed E-state index contributed by atoms with van der Waals surface area (Å²) in [7, 11) is 3.27. The van der Waals surface area contributed by atoms with Crippen molar-refractivity contribution < 1.29 is 19.0 Å². The van der Waals surface area contributed by atoms with Crippen molar-refractivity contribution in [3.63, 3.8) is 0 Å². The molecule has 2 aromatic rings. The first kappa shape index (κ1) is 17.1. The van der Waals surface area contributed by atoms with Gasteiger partial charge in [0.05, 0.1) is 20.3 Å². The largest absolute Gasteiger partial charge is 0.497 e. The van der Waals surface area contributed by atoms with Gasteiger partial charge >= 0.3 is 6.09 Å². The third kappa shape index (κ3) is 3.87. The van der Waals surface area contributed by atoms with Crippen molar-refractivity contribution in [2.75, 3.05) is 20.8 Å². The van der Waals surface area contributed by atoms with Crippen molar-refractivity contribution in [1.29, 1.82) is 0 Å². The first-order chi connectivity index (χ1) is 12.2. The molecule has 1 atom stereocenters. The fourth-order valence-corrected chi connectivity index (χ4v) is 3.21.